The van der Waals surface area contributed by atoms with Gasteiger partial charge in [-0.2, -0.15) is 0 Å². The first kappa shape index (κ1) is 13.1. The highest BCUT2D eigenvalue weighted by molar-refractivity contribution is 5.49. The van der Waals surface area contributed by atoms with Crippen molar-refractivity contribution in [3.8, 4) is 0 Å². The summed E-state index contributed by atoms with van der Waals surface area (Å²) in [5.74, 6) is 8.82. The Balaban J connectivity index is 2.26. The second-order valence-electron chi connectivity index (χ2n) is 5.21. The van der Waals surface area contributed by atoms with Crippen LogP contribution in [0.15, 0.2) is 6.07 Å². The molecule has 1 aliphatic rings. The van der Waals surface area contributed by atoms with Crippen molar-refractivity contribution in [2.45, 2.75) is 46.1 Å². The van der Waals surface area contributed by atoms with Crippen molar-refractivity contribution >= 4 is 11.6 Å². The van der Waals surface area contributed by atoms with Crippen LogP contribution in [0.2, 0.25) is 0 Å². The summed E-state index contributed by atoms with van der Waals surface area (Å²) in [5, 5.41) is 0. The molecule has 0 amide bonds. The average molecular weight is 249 g/mol. The molecule has 0 unspecified atom stereocenters. The molecule has 5 nitrogen and oxygen atoms in total. The van der Waals surface area contributed by atoms with Gasteiger partial charge in [0.05, 0.1) is 0 Å². The molecule has 1 aromatic rings. The van der Waals surface area contributed by atoms with Gasteiger partial charge in [0.15, 0.2) is 0 Å². The maximum Gasteiger partial charge on any atom is 0.145 e. The number of nitrogens with one attached hydrogen (secondary N) is 1. The fourth-order valence-electron chi connectivity index (χ4n) is 2.01. The van der Waals surface area contributed by atoms with Crippen LogP contribution in [0.4, 0.5) is 11.6 Å². The highest BCUT2D eigenvalue weighted by Crippen LogP contribution is 2.32. The molecule has 3 N–H and O–H groups in total. The summed E-state index contributed by atoms with van der Waals surface area (Å²) in [6.07, 6.45) is 3.51. The molecular formula is C13H23N5. The SMILES string of the molecule is CCc1nc(NN)cc(N(CC2CC2)C(C)C)n1. The number of anilines is 2. The standard InChI is InChI=1S/C13H23N5/c1-4-11-15-12(17-14)7-13(16-11)18(9(2)3)8-10-5-6-10/h7,9-10H,4-6,8,14H2,1-3H3,(H,15,16,17). The van der Waals surface area contributed by atoms with Crippen molar-refractivity contribution < 1.29 is 0 Å². The van der Waals surface area contributed by atoms with Gasteiger partial charge in [0.1, 0.15) is 17.5 Å². The molecule has 2 rings (SSSR count). The van der Waals surface area contributed by atoms with E-state index in [-0.39, 0.29) is 0 Å². The average Bonchev–Trinajstić information content (AvgIpc) is 3.18. The van der Waals surface area contributed by atoms with Gasteiger partial charge in [0.2, 0.25) is 0 Å². The van der Waals surface area contributed by atoms with Crippen LogP contribution in [-0.4, -0.2) is 22.6 Å². The minimum Gasteiger partial charge on any atom is -0.354 e. The van der Waals surface area contributed by atoms with Crippen LogP contribution in [-0.2, 0) is 6.42 Å². The van der Waals surface area contributed by atoms with Gasteiger partial charge in [0, 0.05) is 25.1 Å². The molecule has 0 bridgehead atoms. The molecule has 0 spiro atoms. The Morgan fingerprint density at radius 1 is 1.44 bits per heavy atom. The Kier molecular flexibility index (Phi) is 4.01. The molecule has 1 heterocycles. The first-order valence-corrected chi connectivity index (χ1v) is 6.75. The van der Waals surface area contributed by atoms with Crippen LogP contribution < -0.4 is 16.2 Å². The molecule has 0 atom stereocenters. The minimum atomic E-state index is 0.441. The van der Waals surface area contributed by atoms with Crippen molar-refractivity contribution in [3.63, 3.8) is 0 Å². The lowest BCUT2D eigenvalue weighted by Crippen LogP contribution is -2.34. The van der Waals surface area contributed by atoms with Crippen molar-refractivity contribution in [2.75, 3.05) is 16.9 Å². The van der Waals surface area contributed by atoms with Gasteiger partial charge in [-0.25, -0.2) is 15.8 Å². The maximum atomic E-state index is 5.47. The smallest absolute Gasteiger partial charge is 0.145 e. The summed E-state index contributed by atoms with van der Waals surface area (Å²) < 4.78 is 0. The van der Waals surface area contributed by atoms with E-state index in [9.17, 15) is 0 Å². The maximum absolute atomic E-state index is 5.47. The van der Waals surface area contributed by atoms with Crippen molar-refractivity contribution in [2.24, 2.45) is 11.8 Å². The topological polar surface area (TPSA) is 67.1 Å². The third kappa shape index (κ3) is 3.10. The fraction of sp³-hybridized carbons (Fsp3) is 0.692. The van der Waals surface area contributed by atoms with Gasteiger partial charge in [-0.15, -0.1) is 0 Å². The van der Waals surface area contributed by atoms with Crippen molar-refractivity contribution in [3.05, 3.63) is 11.9 Å². The molecule has 1 saturated carbocycles. The molecule has 0 saturated heterocycles. The number of nitrogens with zero attached hydrogens (tertiary/aromatic N) is 3. The van der Waals surface area contributed by atoms with Gasteiger partial charge in [0.25, 0.3) is 0 Å². The first-order chi connectivity index (χ1) is 8.63. The highest BCUT2D eigenvalue weighted by Gasteiger charge is 2.26. The summed E-state index contributed by atoms with van der Waals surface area (Å²) in [6, 6.07) is 2.37. The van der Waals surface area contributed by atoms with E-state index in [1.54, 1.807) is 0 Å². The lowest BCUT2D eigenvalue weighted by atomic mass is 10.2. The predicted molar refractivity (Wildman–Crippen MR) is 74.4 cm³/mol. The van der Waals surface area contributed by atoms with Crippen LogP contribution in [0.3, 0.4) is 0 Å². The molecule has 0 aliphatic heterocycles. The number of rotatable bonds is 6. The number of hydrogen-bond donors (Lipinski definition) is 2. The van der Waals surface area contributed by atoms with Crippen molar-refractivity contribution in [1.29, 1.82) is 0 Å². The molecule has 1 fully saturated rings. The van der Waals surface area contributed by atoms with E-state index in [4.69, 9.17) is 5.84 Å². The van der Waals surface area contributed by atoms with Gasteiger partial charge in [-0.1, -0.05) is 6.92 Å². The highest BCUT2D eigenvalue weighted by atomic mass is 15.3. The zero-order valence-electron chi connectivity index (χ0n) is 11.5. The molecule has 0 radical (unpaired) electrons. The van der Waals surface area contributed by atoms with E-state index in [1.807, 2.05) is 6.07 Å². The molecule has 18 heavy (non-hydrogen) atoms. The number of aryl methyl sites for hydroxylation is 1. The van der Waals surface area contributed by atoms with Crippen LogP contribution in [0.25, 0.3) is 0 Å². The number of hydrogen-bond acceptors (Lipinski definition) is 5. The second kappa shape index (κ2) is 5.52. The molecule has 0 aromatic carbocycles. The lowest BCUT2D eigenvalue weighted by molar-refractivity contribution is 0.633. The third-order valence-corrected chi connectivity index (χ3v) is 3.29. The summed E-state index contributed by atoms with van der Waals surface area (Å²) in [6.45, 7) is 7.54. The van der Waals surface area contributed by atoms with Gasteiger partial charge >= 0.3 is 0 Å². The zero-order chi connectivity index (χ0) is 13.1. The van der Waals surface area contributed by atoms with Crippen LogP contribution in [0.5, 0.6) is 0 Å². The minimum absolute atomic E-state index is 0.441. The monoisotopic (exact) mass is 249 g/mol. The van der Waals surface area contributed by atoms with E-state index in [2.05, 4.69) is 41.1 Å². The summed E-state index contributed by atoms with van der Waals surface area (Å²) in [7, 11) is 0. The Morgan fingerprint density at radius 2 is 2.17 bits per heavy atom. The summed E-state index contributed by atoms with van der Waals surface area (Å²) >= 11 is 0. The third-order valence-electron chi connectivity index (χ3n) is 3.29. The zero-order valence-corrected chi connectivity index (χ0v) is 11.5. The number of hydrazine groups is 1. The normalized spacial score (nSPS) is 14.9. The Morgan fingerprint density at radius 3 is 2.67 bits per heavy atom. The second-order valence-corrected chi connectivity index (χ2v) is 5.21. The van der Waals surface area contributed by atoms with Gasteiger partial charge in [-0.3, -0.25) is 0 Å². The molecule has 1 aliphatic carbocycles. The van der Waals surface area contributed by atoms with Gasteiger partial charge < -0.3 is 10.3 Å². The largest absolute Gasteiger partial charge is 0.354 e. The number of aromatic nitrogens is 2. The Hall–Kier alpha value is -1.36. The fourth-order valence-corrected chi connectivity index (χ4v) is 2.01. The van der Waals surface area contributed by atoms with E-state index >= 15 is 0 Å². The van der Waals surface area contributed by atoms with Crippen LogP contribution in [0, 0.1) is 5.92 Å². The summed E-state index contributed by atoms with van der Waals surface area (Å²) in [5.41, 5.74) is 2.63. The molecule has 1 aromatic heterocycles. The van der Waals surface area contributed by atoms with Crippen LogP contribution >= 0.6 is 0 Å². The quantitative estimate of drug-likeness (QED) is 0.596. The van der Waals surface area contributed by atoms with E-state index < -0.39 is 0 Å². The predicted octanol–water partition coefficient (Wildman–Crippen LogP) is 1.95. The first-order valence-electron chi connectivity index (χ1n) is 6.75. The van der Waals surface area contributed by atoms with E-state index in [0.717, 1.165) is 30.5 Å². The van der Waals surface area contributed by atoms with Crippen molar-refractivity contribution in [1.82, 2.24) is 9.97 Å². The van der Waals surface area contributed by atoms with E-state index in [1.165, 1.54) is 12.8 Å². The molecule has 100 valence electrons. The lowest BCUT2D eigenvalue weighted by Gasteiger charge is -2.28. The van der Waals surface area contributed by atoms with E-state index in [0.29, 0.717) is 11.9 Å². The molecular weight excluding hydrogens is 226 g/mol. The van der Waals surface area contributed by atoms with Crippen LogP contribution in [0.1, 0.15) is 39.4 Å². The Bertz CT molecular complexity index is 378. The Labute approximate surface area is 109 Å². The number of nitrogen functional groups attached to an aromatic ring is 1. The number of nitrogens with two attached hydrogens (primary N) is 1. The molecule has 5 heteroatoms. The summed E-state index contributed by atoms with van der Waals surface area (Å²) in [4.78, 5) is 11.3. The van der Waals surface area contributed by atoms with Gasteiger partial charge in [-0.05, 0) is 32.6 Å².